The summed E-state index contributed by atoms with van der Waals surface area (Å²) in [5.74, 6) is 1.29. The SMILES string of the molecule is CCC(C(=O)O)C12CC3CC(C1)CC(C14CC5CC(CC(C(CC)C(=O)O)(C5)C1)C4)(C3)C2. The Morgan fingerprint density at radius 1 is 0.656 bits per heavy atom. The summed E-state index contributed by atoms with van der Waals surface area (Å²) in [6.45, 7) is 4.17. The molecule has 0 heterocycles. The van der Waals surface area contributed by atoms with Crippen molar-refractivity contribution >= 4 is 11.9 Å². The lowest BCUT2D eigenvalue weighted by molar-refractivity contribution is -0.254. The van der Waals surface area contributed by atoms with Gasteiger partial charge in [0.05, 0.1) is 11.8 Å². The summed E-state index contributed by atoms with van der Waals surface area (Å²) < 4.78 is 0. The molecule has 6 unspecified atom stereocenters. The molecule has 0 aliphatic heterocycles. The van der Waals surface area contributed by atoms with E-state index < -0.39 is 11.9 Å². The van der Waals surface area contributed by atoms with E-state index in [1.54, 1.807) is 0 Å². The summed E-state index contributed by atoms with van der Waals surface area (Å²) in [6, 6.07) is 0. The molecule has 0 saturated heterocycles. The van der Waals surface area contributed by atoms with Gasteiger partial charge in [0.25, 0.3) is 0 Å². The van der Waals surface area contributed by atoms with Crippen molar-refractivity contribution in [1.82, 2.24) is 0 Å². The molecule has 32 heavy (non-hydrogen) atoms. The molecule has 8 rings (SSSR count). The number of carbonyl (C=O) groups is 2. The Labute approximate surface area is 192 Å². The van der Waals surface area contributed by atoms with E-state index in [0.717, 1.165) is 51.4 Å². The van der Waals surface area contributed by atoms with Gasteiger partial charge in [-0.2, -0.15) is 0 Å². The predicted molar refractivity (Wildman–Crippen MR) is 122 cm³/mol. The average Bonchev–Trinajstić information content (AvgIpc) is 2.65. The van der Waals surface area contributed by atoms with Crippen LogP contribution in [0.25, 0.3) is 0 Å². The van der Waals surface area contributed by atoms with Crippen LogP contribution in [0.1, 0.15) is 104 Å². The minimum atomic E-state index is -0.566. The van der Waals surface area contributed by atoms with Gasteiger partial charge in [-0.1, -0.05) is 13.8 Å². The average molecular weight is 443 g/mol. The third-order valence-electron chi connectivity index (χ3n) is 12.2. The second kappa shape index (κ2) is 6.75. The highest BCUT2D eigenvalue weighted by Crippen LogP contribution is 2.80. The molecule has 8 aliphatic rings. The van der Waals surface area contributed by atoms with Crippen LogP contribution < -0.4 is 0 Å². The van der Waals surface area contributed by atoms with Crippen LogP contribution in [0.4, 0.5) is 0 Å². The van der Waals surface area contributed by atoms with Gasteiger partial charge in [-0.3, -0.25) is 9.59 Å². The Morgan fingerprint density at radius 2 is 0.969 bits per heavy atom. The smallest absolute Gasteiger partial charge is 0.307 e. The lowest BCUT2D eigenvalue weighted by Gasteiger charge is -2.75. The molecule has 2 N–H and O–H groups in total. The fourth-order valence-corrected chi connectivity index (χ4v) is 12.5. The van der Waals surface area contributed by atoms with Crippen molar-refractivity contribution in [3.05, 3.63) is 0 Å². The van der Waals surface area contributed by atoms with Crippen LogP contribution in [0.3, 0.4) is 0 Å². The summed E-state index contributed by atoms with van der Waals surface area (Å²) >= 11 is 0. The molecule has 0 aromatic heterocycles. The normalized spacial score (nSPS) is 52.2. The number of carboxylic acids is 2. The molecule has 6 atom stereocenters. The van der Waals surface area contributed by atoms with Crippen molar-refractivity contribution in [1.29, 1.82) is 0 Å². The van der Waals surface area contributed by atoms with Gasteiger partial charge in [0.1, 0.15) is 0 Å². The quantitative estimate of drug-likeness (QED) is 0.480. The van der Waals surface area contributed by atoms with Crippen LogP contribution in [0.5, 0.6) is 0 Å². The molecule has 0 aromatic carbocycles. The van der Waals surface area contributed by atoms with Gasteiger partial charge in [0.2, 0.25) is 0 Å². The third-order valence-corrected chi connectivity index (χ3v) is 12.2. The Kier molecular flexibility index (Phi) is 4.53. The first-order valence-electron chi connectivity index (χ1n) is 13.6. The van der Waals surface area contributed by atoms with E-state index in [9.17, 15) is 19.8 Å². The monoisotopic (exact) mass is 442 g/mol. The van der Waals surface area contributed by atoms with Gasteiger partial charge in [-0.25, -0.2) is 0 Å². The molecule has 4 nitrogen and oxygen atoms in total. The fourth-order valence-electron chi connectivity index (χ4n) is 12.5. The van der Waals surface area contributed by atoms with Gasteiger partial charge in [-0.15, -0.1) is 0 Å². The predicted octanol–water partition coefficient (Wildman–Crippen LogP) is 6.38. The van der Waals surface area contributed by atoms with Gasteiger partial charge < -0.3 is 10.2 Å². The van der Waals surface area contributed by atoms with Crippen LogP contribution in [0, 0.1) is 57.2 Å². The maximum absolute atomic E-state index is 12.4. The number of hydrogen-bond acceptors (Lipinski definition) is 2. The largest absolute Gasteiger partial charge is 0.481 e. The zero-order valence-electron chi connectivity index (χ0n) is 20.1. The summed E-state index contributed by atoms with van der Waals surface area (Å²) in [4.78, 5) is 24.8. The first-order valence-corrected chi connectivity index (χ1v) is 13.6. The highest BCUT2D eigenvalue weighted by Gasteiger charge is 2.71. The van der Waals surface area contributed by atoms with Crippen LogP contribution >= 0.6 is 0 Å². The molecule has 0 spiro atoms. The minimum absolute atomic E-state index is 0.00187. The van der Waals surface area contributed by atoms with E-state index in [2.05, 4.69) is 13.8 Å². The van der Waals surface area contributed by atoms with Crippen molar-refractivity contribution in [3.8, 4) is 0 Å². The Hall–Kier alpha value is -1.06. The van der Waals surface area contributed by atoms with Gasteiger partial charge in [-0.05, 0) is 135 Å². The molecule has 8 fully saturated rings. The van der Waals surface area contributed by atoms with E-state index in [1.165, 1.54) is 38.5 Å². The highest BCUT2D eigenvalue weighted by atomic mass is 16.4. The summed E-state index contributed by atoms with van der Waals surface area (Å²) in [5, 5.41) is 20.4. The second-order valence-corrected chi connectivity index (χ2v) is 13.8. The second-order valence-electron chi connectivity index (χ2n) is 13.8. The van der Waals surface area contributed by atoms with E-state index in [1.807, 2.05) is 0 Å². The topological polar surface area (TPSA) is 74.6 Å². The molecule has 8 bridgehead atoms. The maximum Gasteiger partial charge on any atom is 0.307 e. The first-order chi connectivity index (χ1) is 15.2. The summed E-state index contributed by atoms with van der Waals surface area (Å²) in [5.41, 5.74) is 0.551. The van der Waals surface area contributed by atoms with Gasteiger partial charge in [0, 0.05) is 0 Å². The fraction of sp³-hybridized carbons (Fsp3) is 0.929. The molecule has 8 saturated carbocycles. The van der Waals surface area contributed by atoms with Crippen LogP contribution in [0.2, 0.25) is 0 Å². The number of aliphatic carboxylic acids is 2. The van der Waals surface area contributed by atoms with Crippen molar-refractivity contribution in [2.24, 2.45) is 57.2 Å². The number of carboxylic acid groups (broad SMARTS) is 2. The maximum atomic E-state index is 12.4. The molecular weight excluding hydrogens is 400 g/mol. The molecular formula is C28H42O4. The minimum Gasteiger partial charge on any atom is -0.481 e. The summed E-state index contributed by atoms with van der Waals surface area (Å²) in [7, 11) is 0. The number of rotatable bonds is 7. The van der Waals surface area contributed by atoms with Crippen LogP contribution in [-0.2, 0) is 9.59 Å². The van der Waals surface area contributed by atoms with E-state index in [4.69, 9.17) is 0 Å². The number of hydrogen-bond donors (Lipinski definition) is 2. The lowest BCUT2D eigenvalue weighted by atomic mass is 9.30. The molecule has 8 aliphatic carbocycles. The summed E-state index contributed by atoms with van der Waals surface area (Å²) in [6.07, 6.45) is 16.2. The molecule has 0 amide bonds. The Balaban J connectivity index is 1.43. The van der Waals surface area contributed by atoms with E-state index in [-0.39, 0.29) is 33.5 Å². The lowest BCUT2D eigenvalue weighted by Crippen LogP contribution is -2.66. The van der Waals surface area contributed by atoms with Gasteiger partial charge >= 0.3 is 11.9 Å². The highest BCUT2D eigenvalue weighted by molar-refractivity contribution is 5.71. The first kappa shape index (κ1) is 21.5. The molecule has 0 radical (unpaired) electrons. The van der Waals surface area contributed by atoms with Crippen molar-refractivity contribution in [3.63, 3.8) is 0 Å². The van der Waals surface area contributed by atoms with Crippen LogP contribution in [0.15, 0.2) is 0 Å². The molecule has 4 heteroatoms. The van der Waals surface area contributed by atoms with E-state index >= 15 is 0 Å². The Morgan fingerprint density at radius 3 is 1.22 bits per heavy atom. The van der Waals surface area contributed by atoms with Crippen molar-refractivity contribution in [2.45, 2.75) is 104 Å². The zero-order chi connectivity index (χ0) is 22.5. The van der Waals surface area contributed by atoms with Crippen LogP contribution in [-0.4, -0.2) is 22.2 Å². The van der Waals surface area contributed by atoms with E-state index in [0.29, 0.717) is 23.7 Å². The van der Waals surface area contributed by atoms with Crippen molar-refractivity contribution in [2.75, 3.05) is 0 Å². The standard InChI is InChI=1S/C28H42O4/c1-3-21(23(29)30)25-7-17-5-18(8-25)12-27(11-17,15-25)28-13-19-6-20(14-28)10-26(9-19,16-28)22(4-2)24(31)32/h17-22H,3-16H2,1-2H3,(H,29,30)(H,31,32). The molecule has 178 valence electrons. The Bertz CT molecular complexity index is 733. The van der Waals surface area contributed by atoms with Crippen molar-refractivity contribution < 1.29 is 19.8 Å². The zero-order valence-corrected chi connectivity index (χ0v) is 20.1. The molecule has 0 aromatic rings. The third kappa shape index (κ3) is 2.67. The van der Waals surface area contributed by atoms with Gasteiger partial charge in [0.15, 0.2) is 0 Å².